The van der Waals surface area contributed by atoms with Gasteiger partial charge in [0.25, 0.3) is 5.91 Å². The van der Waals surface area contributed by atoms with Crippen molar-refractivity contribution in [1.82, 2.24) is 4.90 Å². The third-order valence-electron chi connectivity index (χ3n) is 4.48. The minimum Gasteiger partial charge on any atom is -0.494 e. The van der Waals surface area contributed by atoms with Crippen LogP contribution < -0.4 is 4.74 Å². The summed E-state index contributed by atoms with van der Waals surface area (Å²) in [4.78, 5) is 14.7. The predicted molar refractivity (Wildman–Crippen MR) is 108 cm³/mol. The molecular weight excluding hydrogens is 385 g/mol. The molecule has 1 aliphatic rings. The molecule has 2 aromatic carbocycles. The van der Waals surface area contributed by atoms with E-state index in [0.29, 0.717) is 41.9 Å². The van der Waals surface area contributed by atoms with Crippen molar-refractivity contribution < 1.29 is 14.3 Å². The summed E-state index contributed by atoms with van der Waals surface area (Å²) < 4.78 is 11.5. The Labute approximate surface area is 170 Å². The molecule has 0 aliphatic carbocycles. The molecule has 1 fully saturated rings. The molecule has 1 aliphatic heterocycles. The van der Waals surface area contributed by atoms with Crippen molar-refractivity contribution in [2.75, 3.05) is 26.3 Å². The highest BCUT2D eigenvalue weighted by atomic mass is 35.5. The number of benzene rings is 2. The van der Waals surface area contributed by atoms with E-state index in [2.05, 4.69) is 6.92 Å². The summed E-state index contributed by atoms with van der Waals surface area (Å²) in [5, 5.41) is 1.12. The first-order valence-corrected chi connectivity index (χ1v) is 9.92. The maximum atomic E-state index is 12.9. The van der Waals surface area contributed by atoms with Crippen molar-refractivity contribution >= 4 is 29.1 Å². The summed E-state index contributed by atoms with van der Waals surface area (Å²) in [6, 6.07) is 12.6. The molecule has 1 amide bonds. The van der Waals surface area contributed by atoms with Gasteiger partial charge in [-0.1, -0.05) is 36.5 Å². The number of hydrogen-bond donors (Lipinski definition) is 0. The lowest BCUT2D eigenvalue weighted by atomic mass is 10.1. The van der Waals surface area contributed by atoms with Crippen molar-refractivity contribution in [3.63, 3.8) is 0 Å². The molecule has 6 heteroatoms. The van der Waals surface area contributed by atoms with E-state index in [0.717, 1.165) is 24.2 Å². The molecule has 0 radical (unpaired) electrons. The number of halogens is 2. The average molecular weight is 408 g/mol. The van der Waals surface area contributed by atoms with Gasteiger partial charge >= 0.3 is 0 Å². The standard InChI is InChI=1S/C21H23Cl2NO3/c1-2-3-9-26-19-6-4-15(5-7-19)21(25)24-8-10-27-20(14-24)16-11-17(22)13-18(23)12-16/h4-7,11-13,20H,2-3,8-10,14H2,1H3. The van der Waals surface area contributed by atoms with Gasteiger partial charge in [0.1, 0.15) is 11.9 Å². The average Bonchev–Trinajstić information content (AvgIpc) is 2.67. The van der Waals surface area contributed by atoms with Crippen LogP contribution >= 0.6 is 23.2 Å². The highest BCUT2D eigenvalue weighted by Gasteiger charge is 2.26. The summed E-state index contributed by atoms with van der Waals surface area (Å²) in [6.45, 7) is 4.30. The van der Waals surface area contributed by atoms with Gasteiger partial charge in [0.15, 0.2) is 0 Å². The Morgan fingerprint density at radius 1 is 1.19 bits per heavy atom. The van der Waals surface area contributed by atoms with E-state index in [-0.39, 0.29) is 12.0 Å². The molecule has 144 valence electrons. The molecule has 27 heavy (non-hydrogen) atoms. The second-order valence-electron chi connectivity index (χ2n) is 6.54. The number of amides is 1. The summed E-state index contributed by atoms with van der Waals surface area (Å²) in [7, 11) is 0. The van der Waals surface area contributed by atoms with Gasteiger partial charge in [0.05, 0.1) is 19.8 Å². The van der Waals surface area contributed by atoms with Gasteiger partial charge < -0.3 is 14.4 Å². The van der Waals surface area contributed by atoms with E-state index in [9.17, 15) is 4.79 Å². The molecule has 1 saturated heterocycles. The van der Waals surface area contributed by atoms with E-state index in [1.807, 2.05) is 36.4 Å². The van der Waals surface area contributed by atoms with Crippen molar-refractivity contribution in [2.45, 2.75) is 25.9 Å². The van der Waals surface area contributed by atoms with Crippen LogP contribution in [0.3, 0.4) is 0 Å². The largest absolute Gasteiger partial charge is 0.494 e. The fourth-order valence-electron chi connectivity index (χ4n) is 3.01. The fourth-order valence-corrected chi connectivity index (χ4v) is 3.55. The van der Waals surface area contributed by atoms with Crippen LogP contribution in [0, 0.1) is 0 Å². The number of unbranched alkanes of at least 4 members (excludes halogenated alkanes) is 1. The molecule has 0 spiro atoms. The highest BCUT2D eigenvalue weighted by Crippen LogP contribution is 2.28. The van der Waals surface area contributed by atoms with E-state index in [4.69, 9.17) is 32.7 Å². The maximum absolute atomic E-state index is 12.9. The minimum absolute atomic E-state index is 0.0171. The second-order valence-corrected chi connectivity index (χ2v) is 7.41. The first-order chi connectivity index (χ1) is 13.1. The molecule has 1 atom stereocenters. The Hall–Kier alpha value is -1.75. The van der Waals surface area contributed by atoms with Crippen molar-refractivity contribution in [3.8, 4) is 5.75 Å². The Morgan fingerprint density at radius 2 is 1.89 bits per heavy atom. The van der Waals surface area contributed by atoms with Gasteiger partial charge in [-0.2, -0.15) is 0 Å². The summed E-state index contributed by atoms with van der Waals surface area (Å²) in [6.07, 6.45) is 1.87. The Morgan fingerprint density at radius 3 is 2.56 bits per heavy atom. The molecule has 1 unspecified atom stereocenters. The highest BCUT2D eigenvalue weighted by molar-refractivity contribution is 6.34. The Balaban J connectivity index is 1.65. The van der Waals surface area contributed by atoms with Crippen LogP contribution in [0.15, 0.2) is 42.5 Å². The number of carbonyl (C=O) groups excluding carboxylic acids is 1. The predicted octanol–water partition coefficient (Wildman–Crippen LogP) is 5.39. The number of ether oxygens (including phenoxy) is 2. The van der Waals surface area contributed by atoms with Crippen molar-refractivity contribution in [3.05, 3.63) is 63.6 Å². The van der Waals surface area contributed by atoms with Gasteiger partial charge in [-0.25, -0.2) is 0 Å². The van der Waals surface area contributed by atoms with Gasteiger partial charge in [0.2, 0.25) is 0 Å². The van der Waals surface area contributed by atoms with Gasteiger partial charge in [-0.3, -0.25) is 4.79 Å². The van der Waals surface area contributed by atoms with Crippen LogP contribution in [0.2, 0.25) is 10.0 Å². The lowest BCUT2D eigenvalue weighted by molar-refractivity contribution is -0.0228. The number of nitrogens with zero attached hydrogens (tertiary/aromatic N) is 1. The van der Waals surface area contributed by atoms with Gasteiger partial charge in [-0.05, 0) is 54.4 Å². The molecule has 0 aromatic heterocycles. The normalized spacial score (nSPS) is 17.0. The van der Waals surface area contributed by atoms with Crippen LogP contribution in [0.4, 0.5) is 0 Å². The molecule has 4 nitrogen and oxygen atoms in total. The number of carbonyl (C=O) groups is 1. The lowest BCUT2D eigenvalue weighted by Gasteiger charge is -2.33. The van der Waals surface area contributed by atoms with Crippen LogP contribution in [0.1, 0.15) is 41.8 Å². The quantitative estimate of drug-likeness (QED) is 0.602. The molecular formula is C21H23Cl2NO3. The van der Waals surface area contributed by atoms with Crippen LogP contribution in [0.5, 0.6) is 5.75 Å². The zero-order chi connectivity index (χ0) is 19.2. The monoisotopic (exact) mass is 407 g/mol. The SMILES string of the molecule is CCCCOc1ccc(C(=O)N2CCOC(c3cc(Cl)cc(Cl)c3)C2)cc1. The maximum Gasteiger partial charge on any atom is 0.254 e. The fraction of sp³-hybridized carbons (Fsp3) is 0.381. The molecule has 2 aromatic rings. The van der Waals surface area contributed by atoms with Crippen LogP contribution in [-0.4, -0.2) is 37.1 Å². The van der Waals surface area contributed by atoms with Crippen molar-refractivity contribution in [1.29, 1.82) is 0 Å². The smallest absolute Gasteiger partial charge is 0.254 e. The van der Waals surface area contributed by atoms with Crippen LogP contribution in [-0.2, 0) is 4.74 Å². The minimum atomic E-state index is -0.240. The lowest BCUT2D eigenvalue weighted by Crippen LogP contribution is -2.42. The third-order valence-corrected chi connectivity index (χ3v) is 4.91. The van der Waals surface area contributed by atoms with Gasteiger partial charge in [-0.15, -0.1) is 0 Å². The Bertz CT molecular complexity index is 759. The number of rotatable bonds is 6. The zero-order valence-corrected chi connectivity index (χ0v) is 16.8. The second kappa shape index (κ2) is 9.45. The molecule has 1 heterocycles. The van der Waals surface area contributed by atoms with Gasteiger partial charge in [0, 0.05) is 22.2 Å². The molecule has 3 rings (SSSR count). The molecule has 0 N–H and O–H groups in total. The number of morpholine rings is 1. The number of hydrogen-bond acceptors (Lipinski definition) is 3. The zero-order valence-electron chi connectivity index (χ0n) is 15.3. The van der Waals surface area contributed by atoms with E-state index in [1.165, 1.54) is 0 Å². The summed E-state index contributed by atoms with van der Waals surface area (Å²) >= 11 is 12.2. The van der Waals surface area contributed by atoms with Crippen LogP contribution in [0.25, 0.3) is 0 Å². The summed E-state index contributed by atoms with van der Waals surface area (Å²) in [5.41, 5.74) is 1.52. The molecule has 0 bridgehead atoms. The Kier molecular flexibility index (Phi) is 7.00. The topological polar surface area (TPSA) is 38.8 Å². The first-order valence-electron chi connectivity index (χ1n) is 9.16. The molecule has 0 saturated carbocycles. The summed E-state index contributed by atoms with van der Waals surface area (Å²) in [5.74, 6) is 0.768. The van der Waals surface area contributed by atoms with E-state index >= 15 is 0 Å². The first kappa shape index (κ1) is 20.0. The van der Waals surface area contributed by atoms with Crippen molar-refractivity contribution in [2.24, 2.45) is 0 Å². The van der Waals surface area contributed by atoms with E-state index in [1.54, 1.807) is 11.0 Å². The third kappa shape index (κ3) is 5.38. The van der Waals surface area contributed by atoms with E-state index < -0.39 is 0 Å².